The number of carbonyl (C=O) groups excluding carboxylic acids is 1. The molecule has 2 saturated heterocycles. The third kappa shape index (κ3) is 2.90. The fraction of sp³-hybridized carbons (Fsp3) is 0.467. The number of sulfone groups is 1. The van der Waals surface area contributed by atoms with Crippen molar-refractivity contribution in [3.05, 3.63) is 35.9 Å². The molecule has 8 heteroatoms. The maximum Gasteiger partial charge on any atom is 0.410 e. The van der Waals surface area contributed by atoms with Crippen LogP contribution in [0.15, 0.2) is 30.3 Å². The van der Waals surface area contributed by atoms with E-state index < -0.39 is 32.4 Å². The molecule has 0 bridgehead atoms. The maximum atomic E-state index is 12.2. The van der Waals surface area contributed by atoms with Crippen LogP contribution in [0.1, 0.15) is 12.0 Å². The molecule has 0 spiro atoms. The zero-order chi connectivity index (χ0) is 16.6. The van der Waals surface area contributed by atoms with Crippen LogP contribution in [0.25, 0.3) is 0 Å². The van der Waals surface area contributed by atoms with Gasteiger partial charge in [0.05, 0.1) is 5.25 Å². The van der Waals surface area contributed by atoms with Gasteiger partial charge in [-0.25, -0.2) is 13.2 Å². The van der Waals surface area contributed by atoms with Crippen LogP contribution in [0.5, 0.6) is 0 Å². The van der Waals surface area contributed by atoms with Crippen LogP contribution >= 0.6 is 0 Å². The standard InChI is InChI=1S/C15H17NO6S/c17-14(18)12-6-11-7-16(8-13(11)23(12,20)21)15(19)22-9-10-4-2-1-3-5-10/h1-5,11-13H,6-9H2,(H,17,18)/t11-,12?,13+/m1/s1. The topological polar surface area (TPSA) is 101 Å². The van der Waals surface area contributed by atoms with Gasteiger partial charge in [-0.2, -0.15) is 0 Å². The Labute approximate surface area is 133 Å². The Hall–Kier alpha value is -2.09. The van der Waals surface area contributed by atoms with Gasteiger partial charge in [-0.1, -0.05) is 30.3 Å². The number of ether oxygens (including phenoxy) is 1. The van der Waals surface area contributed by atoms with E-state index in [9.17, 15) is 18.0 Å². The van der Waals surface area contributed by atoms with E-state index in [1.807, 2.05) is 30.3 Å². The van der Waals surface area contributed by atoms with Crippen molar-refractivity contribution < 1.29 is 27.9 Å². The normalized spacial score (nSPS) is 28.3. The minimum atomic E-state index is -3.75. The molecule has 0 radical (unpaired) electrons. The van der Waals surface area contributed by atoms with Crippen molar-refractivity contribution in [3.8, 4) is 0 Å². The minimum Gasteiger partial charge on any atom is -0.480 e. The summed E-state index contributed by atoms with van der Waals surface area (Å²) in [6, 6.07) is 9.18. The van der Waals surface area contributed by atoms with Gasteiger partial charge >= 0.3 is 12.1 Å². The second kappa shape index (κ2) is 5.84. The number of rotatable bonds is 3. The van der Waals surface area contributed by atoms with E-state index in [-0.39, 0.29) is 32.0 Å². The van der Waals surface area contributed by atoms with E-state index in [4.69, 9.17) is 9.84 Å². The van der Waals surface area contributed by atoms with Gasteiger partial charge in [0.1, 0.15) is 6.61 Å². The summed E-state index contributed by atoms with van der Waals surface area (Å²) in [6.07, 6.45) is -0.504. The maximum absolute atomic E-state index is 12.2. The lowest BCUT2D eigenvalue weighted by Crippen LogP contribution is -2.36. The molecule has 3 atom stereocenters. The highest BCUT2D eigenvalue weighted by atomic mass is 32.2. The summed E-state index contributed by atoms with van der Waals surface area (Å²) in [4.78, 5) is 24.5. The lowest BCUT2D eigenvalue weighted by Gasteiger charge is -2.18. The number of likely N-dealkylation sites (tertiary alicyclic amines) is 1. The third-order valence-electron chi connectivity index (χ3n) is 4.46. The summed E-state index contributed by atoms with van der Waals surface area (Å²) in [5.41, 5.74) is 0.846. The van der Waals surface area contributed by atoms with Crippen molar-refractivity contribution in [1.82, 2.24) is 4.90 Å². The summed E-state index contributed by atoms with van der Waals surface area (Å²) in [6.45, 7) is 0.349. The van der Waals surface area contributed by atoms with Crippen molar-refractivity contribution in [1.29, 1.82) is 0 Å². The van der Waals surface area contributed by atoms with Gasteiger partial charge in [0.15, 0.2) is 15.1 Å². The van der Waals surface area contributed by atoms with Gasteiger partial charge in [0, 0.05) is 13.1 Å². The molecular formula is C15H17NO6S. The van der Waals surface area contributed by atoms with Crippen molar-refractivity contribution in [2.75, 3.05) is 13.1 Å². The van der Waals surface area contributed by atoms with Crippen molar-refractivity contribution in [2.45, 2.75) is 23.5 Å². The molecule has 2 fully saturated rings. The molecule has 1 amide bonds. The highest BCUT2D eigenvalue weighted by Crippen LogP contribution is 2.38. The molecule has 1 unspecified atom stereocenters. The monoisotopic (exact) mass is 339 g/mol. The second-order valence-corrected chi connectivity index (χ2v) is 8.25. The van der Waals surface area contributed by atoms with Gasteiger partial charge in [0.2, 0.25) is 0 Å². The number of nitrogens with zero attached hydrogens (tertiary/aromatic N) is 1. The number of hydrogen-bond donors (Lipinski definition) is 1. The van der Waals surface area contributed by atoms with E-state index in [1.165, 1.54) is 4.90 Å². The van der Waals surface area contributed by atoms with E-state index in [2.05, 4.69) is 0 Å². The Balaban J connectivity index is 1.61. The van der Waals surface area contributed by atoms with Crippen molar-refractivity contribution in [2.24, 2.45) is 5.92 Å². The first kappa shape index (κ1) is 15.8. The molecule has 23 heavy (non-hydrogen) atoms. The highest BCUT2D eigenvalue weighted by molar-refractivity contribution is 7.93. The molecule has 1 N–H and O–H groups in total. The van der Waals surface area contributed by atoms with Crippen LogP contribution in [0.4, 0.5) is 4.79 Å². The number of amides is 1. The molecule has 7 nitrogen and oxygen atoms in total. The lowest BCUT2D eigenvalue weighted by atomic mass is 10.0. The van der Waals surface area contributed by atoms with Crippen LogP contribution in [0.2, 0.25) is 0 Å². The fourth-order valence-electron chi connectivity index (χ4n) is 3.26. The molecular weight excluding hydrogens is 322 g/mol. The predicted octanol–water partition coefficient (Wildman–Crippen LogP) is 0.895. The fourth-order valence-corrected chi connectivity index (χ4v) is 5.60. The lowest BCUT2D eigenvalue weighted by molar-refractivity contribution is -0.136. The largest absolute Gasteiger partial charge is 0.480 e. The average molecular weight is 339 g/mol. The number of fused-ring (bicyclic) bond motifs is 1. The van der Waals surface area contributed by atoms with Gasteiger partial charge in [-0.15, -0.1) is 0 Å². The van der Waals surface area contributed by atoms with E-state index in [0.717, 1.165) is 5.56 Å². The molecule has 3 rings (SSSR count). The van der Waals surface area contributed by atoms with Crippen LogP contribution < -0.4 is 0 Å². The SMILES string of the molecule is O=C(O)C1C[C@@H]2CN(C(=O)OCc3ccccc3)C[C@@H]2S1(=O)=O. The van der Waals surface area contributed by atoms with Gasteiger partial charge < -0.3 is 14.7 Å². The molecule has 0 saturated carbocycles. The van der Waals surface area contributed by atoms with E-state index in [1.54, 1.807) is 0 Å². The Morgan fingerprint density at radius 1 is 1.22 bits per heavy atom. The van der Waals surface area contributed by atoms with Crippen LogP contribution in [0, 0.1) is 5.92 Å². The number of carboxylic acid groups (broad SMARTS) is 1. The summed E-state index contributed by atoms with van der Waals surface area (Å²) >= 11 is 0. The average Bonchev–Trinajstić information content (AvgIpc) is 3.04. The Morgan fingerprint density at radius 3 is 2.52 bits per heavy atom. The summed E-state index contributed by atoms with van der Waals surface area (Å²) in [7, 11) is -3.75. The molecule has 2 heterocycles. The molecule has 124 valence electrons. The second-order valence-electron chi connectivity index (χ2n) is 5.90. The molecule has 2 aliphatic rings. The zero-order valence-corrected chi connectivity index (χ0v) is 13.1. The predicted molar refractivity (Wildman–Crippen MR) is 80.4 cm³/mol. The Morgan fingerprint density at radius 2 is 1.91 bits per heavy atom. The van der Waals surface area contributed by atoms with E-state index >= 15 is 0 Å². The molecule has 1 aromatic rings. The number of aliphatic carboxylic acids is 1. The first-order valence-electron chi connectivity index (χ1n) is 7.30. The minimum absolute atomic E-state index is 0.00437. The zero-order valence-electron chi connectivity index (χ0n) is 12.3. The van der Waals surface area contributed by atoms with E-state index in [0.29, 0.717) is 0 Å². The number of carboxylic acids is 1. The Kier molecular flexibility index (Phi) is 4.01. The number of hydrogen-bond acceptors (Lipinski definition) is 5. The smallest absolute Gasteiger partial charge is 0.410 e. The first-order chi connectivity index (χ1) is 10.9. The number of benzene rings is 1. The third-order valence-corrected chi connectivity index (χ3v) is 7.02. The molecule has 0 aromatic heterocycles. The Bertz CT molecular complexity index is 717. The summed E-state index contributed by atoms with van der Waals surface area (Å²) in [5.74, 6) is -1.64. The quantitative estimate of drug-likeness (QED) is 0.878. The van der Waals surface area contributed by atoms with Crippen molar-refractivity contribution >= 4 is 21.9 Å². The highest BCUT2D eigenvalue weighted by Gasteiger charge is 2.55. The van der Waals surface area contributed by atoms with Crippen molar-refractivity contribution in [3.63, 3.8) is 0 Å². The van der Waals surface area contributed by atoms with Gasteiger partial charge in [-0.3, -0.25) is 4.79 Å². The molecule has 1 aromatic carbocycles. The summed E-state index contributed by atoms with van der Waals surface area (Å²) < 4.78 is 29.6. The molecule has 0 aliphatic carbocycles. The number of carbonyl (C=O) groups is 2. The van der Waals surface area contributed by atoms with Gasteiger partial charge in [0.25, 0.3) is 0 Å². The van der Waals surface area contributed by atoms with Crippen LogP contribution in [0.3, 0.4) is 0 Å². The first-order valence-corrected chi connectivity index (χ1v) is 8.91. The van der Waals surface area contributed by atoms with Crippen LogP contribution in [-0.2, 0) is 26.0 Å². The molecule has 2 aliphatic heterocycles. The summed E-state index contributed by atoms with van der Waals surface area (Å²) in [5, 5.41) is 6.86. The van der Waals surface area contributed by atoms with Crippen LogP contribution in [-0.4, -0.2) is 54.1 Å². The van der Waals surface area contributed by atoms with Gasteiger partial charge in [-0.05, 0) is 17.9 Å².